The molecule has 9 heteroatoms. The molecule has 0 aliphatic carbocycles. The highest BCUT2D eigenvalue weighted by atomic mass is 35.5. The molecular weight excluding hydrogens is 365 g/mol. The van der Waals surface area contributed by atoms with E-state index in [1.165, 1.54) is 18.7 Å². The minimum absolute atomic E-state index is 0.0507. The molecule has 130 valence electrons. The smallest absolute Gasteiger partial charge is 0.332 e. The Morgan fingerprint density at radius 2 is 1.84 bits per heavy atom. The zero-order valence-corrected chi connectivity index (χ0v) is 15.0. The number of aryl methyl sites for hydroxylation is 1. The van der Waals surface area contributed by atoms with Gasteiger partial charge in [0.05, 0.1) is 5.39 Å². The average molecular weight is 380 g/mol. The number of hydrogen-bond acceptors (Lipinski definition) is 5. The van der Waals surface area contributed by atoms with Crippen LogP contribution in [0.4, 0.5) is 5.82 Å². The van der Waals surface area contributed by atoms with Crippen LogP contribution in [-0.4, -0.2) is 14.1 Å². The van der Waals surface area contributed by atoms with Crippen molar-refractivity contribution >= 4 is 40.1 Å². The quantitative estimate of drug-likeness (QED) is 0.703. The van der Waals surface area contributed by atoms with Crippen molar-refractivity contribution in [3.63, 3.8) is 0 Å². The maximum Gasteiger partial charge on any atom is 0.332 e. The van der Waals surface area contributed by atoms with Crippen molar-refractivity contribution < 1.29 is 0 Å². The summed E-state index contributed by atoms with van der Waals surface area (Å²) in [5.74, 6) is 0.138. The van der Waals surface area contributed by atoms with Crippen LogP contribution in [0.15, 0.2) is 27.8 Å². The third-order valence-electron chi connectivity index (χ3n) is 4.13. The molecule has 0 amide bonds. The van der Waals surface area contributed by atoms with Gasteiger partial charge in [0.1, 0.15) is 5.82 Å². The minimum Gasteiger partial charge on any atom is -0.383 e. The highest BCUT2D eigenvalue weighted by molar-refractivity contribution is 6.36. The van der Waals surface area contributed by atoms with Gasteiger partial charge in [0, 0.05) is 47.4 Å². The second-order valence-corrected chi connectivity index (χ2v) is 6.43. The number of nitrogens with zero attached hydrogens (tertiary/aromatic N) is 3. The fourth-order valence-electron chi connectivity index (χ4n) is 2.84. The van der Waals surface area contributed by atoms with Gasteiger partial charge in [-0.15, -0.1) is 0 Å². The number of anilines is 1. The third-order valence-corrected chi connectivity index (χ3v) is 4.67. The molecule has 0 aliphatic rings. The molecule has 0 saturated heterocycles. The highest BCUT2D eigenvalue weighted by Crippen LogP contribution is 2.37. The van der Waals surface area contributed by atoms with Crippen molar-refractivity contribution in [2.24, 2.45) is 19.8 Å². The van der Waals surface area contributed by atoms with Crippen molar-refractivity contribution in [2.45, 2.75) is 6.54 Å². The first-order chi connectivity index (χ1) is 11.8. The lowest BCUT2D eigenvalue weighted by Gasteiger charge is -2.17. The summed E-state index contributed by atoms with van der Waals surface area (Å²) in [6, 6.07) is 4.90. The Bertz CT molecular complexity index is 1130. The van der Waals surface area contributed by atoms with E-state index in [-0.39, 0.29) is 23.4 Å². The fourth-order valence-corrected chi connectivity index (χ4v) is 3.34. The van der Waals surface area contributed by atoms with Crippen LogP contribution in [0.2, 0.25) is 10.0 Å². The second-order valence-electron chi connectivity index (χ2n) is 5.58. The van der Waals surface area contributed by atoms with Gasteiger partial charge in [0.2, 0.25) is 0 Å². The van der Waals surface area contributed by atoms with Gasteiger partial charge in [-0.1, -0.05) is 29.3 Å². The molecular formula is C16H15Cl2N5O2. The summed E-state index contributed by atoms with van der Waals surface area (Å²) >= 11 is 12.3. The minimum atomic E-state index is -0.502. The number of benzene rings is 1. The van der Waals surface area contributed by atoms with Crippen LogP contribution in [-0.2, 0) is 20.6 Å². The van der Waals surface area contributed by atoms with Crippen LogP contribution < -0.4 is 22.7 Å². The maximum absolute atomic E-state index is 12.8. The molecule has 0 atom stereocenters. The van der Waals surface area contributed by atoms with Gasteiger partial charge < -0.3 is 11.5 Å². The molecule has 0 bridgehead atoms. The standard InChI is InChI=1S/C16H15Cl2N5O2/c1-22-14-12(15(24)23(2)16(22)25)11(9(6-19)13(20)21-14)8-4-3-7(17)5-10(8)18/h3-5H,6,19H2,1-2H3,(H2,20,21). The molecule has 0 aliphatic heterocycles. The Morgan fingerprint density at radius 1 is 1.16 bits per heavy atom. The van der Waals surface area contributed by atoms with Crippen molar-refractivity contribution in [1.29, 1.82) is 0 Å². The number of nitrogen functional groups attached to an aromatic ring is 1. The van der Waals surface area contributed by atoms with E-state index in [0.717, 1.165) is 4.57 Å². The lowest BCUT2D eigenvalue weighted by Crippen LogP contribution is -2.38. The van der Waals surface area contributed by atoms with Gasteiger partial charge in [-0.25, -0.2) is 9.78 Å². The van der Waals surface area contributed by atoms with Crippen LogP contribution >= 0.6 is 23.2 Å². The monoisotopic (exact) mass is 379 g/mol. The van der Waals surface area contributed by atoms with E-state index in [0.29, 0.717) is 26.7 Å². The first-order valence-corrected chi connectivity index (χ1v) is 8.07. The summed E-state index contributed by atoms with van der Waals surface area (Å²) in [7, 11) is 2.92. The predicted octanol–water partition coefficient (Wildman–Crippen LogP) is 1.65. The fraction of sp³-hybridized carbons (Fsp3) is 0.188. The van der Waals surface area contributed by atoms with E-state index in [2.05, 4.69) is 4.98 Å². The molecule has 3 aromatic rings. The Hall–Kier alpha value is -2.35. The maximum atomic E-state index is 12.8. The van der Waals surface area contributed by atoms with Crippen LogP contribution in [0.5, 0.6) is 0 Å². The van der Waals surface area contributed by atoms with Gasteiger partial charge in [0.25, 0.3) is 5.56 Å². The molecule has 2 heterocycles. The summed E-state index contributed by atoms with van der Waals surface area (Å²) in [6.45, 7) is 0.0507. The molecule has 7 nitrogen and oxygen atoms in total. The lowest BCUT2D eigenvalue weighted by atomic mass is 9.97. The van der Waals surface area contributed by atoms with Gasteiger partial charge >= 0.3 is 5.69 Å². The summed E-state index contributed by atoms with van der Waals surface area (Å²) in [6.07, 6.45) is 0. The van der Waals surface area contributed by atoms with Crippen molar-refractivity contribution in [3.05, 3.63) is 54.6 Å². The number of nitrogens with two attached hydrogens (primary N) is 2. The van der Waals surface area contributed by atoms with Crippen molar-refractivity contribution in [1.82, 2.24) is 14.1 Å². The number of fused-ring (bicyclic) bond motifs is 1. The Kier molecular flexibility index (Phi) is 4.32. The zero-order valence-electron chi connectivity index (χ0n) is 13.5. The van der Waals surface area contributed by atoms with Gasteiger partial charge in [-0.2, -0.15) is 0 Å². The molecule has 0 unspecified atom stereocenters. The van der Waals surface area contributed by atoms with E-state index >= 15 is 0 Å². The molecule has 0 fully saturated rings. The average Bonchev–Trinajstić information content (AvgIpc) is 2.57. The summed E-state index contributed by atoms with van der Waals surface area (Å²) in [5.41, 5.74) is 12.5. The van der Waals surface area contributed by atoms with Crippen molar-refractivity contribution in [3.8, 4) is 11.1 Å². The molecule has 2 aromatic heterocycles. The van der Waals surface area contributed by atoms with Crippen LogP contribution in [0.3, 0.4) is 0 Å². The predicted molar refractivity (Wildman–Crippen MR) is 100.0 cm³/mol. The molecule has 0 radical (unpaired) electrons. The number of aromatic nitrogens is 3. The number of rotatable bonds is 2. The molecule has 1 aromatic carbocycles. The Morgan fingerprint density at radius 3 is 2.44 bits per heavy atom. The molecule has 0 saturated carbocycles. The topological polar surface area (TPSA) is 109 Å². The van der Waals surface area contributed by atoms with E-state index in [9.17, 15) is 9.59 Å². The summed E-state index contributed by atoms with van der Waals surface area (Å²) in [4.78, 5) is 29.2. The SMILES string of the molecule is Cn1c(=O)c2c(-c3ccc(Cl)cc3Cl)c(CN)c(N)nc2n(C)c1=O. The number of halogens is 2. The van der Waals surface area contributed by atoms with E-state index in [1.807, 2.05) is 0 Å². The first kappa shape index (κ1) is 17.5. The first-order valence-electron chi connectivity index (χ1n) is 7.31. The van der Waals surface area contributed by atoms with Gasteiger partial charge in [-0.3, -0.25) is 13.9 Å². The van der Waals surface area contributed by atoms with Crippen LogP contribution in [0.1, 0.15) is 5.56 Å². The van der Waals surface area contributed by atoms with Gasteiger partial charge in [0.15, 0.2) is 5.65 Å². The Labute approximate surface area is 152 Å². The molecule has 4 N–H and O–H groups in total. The number of hydrogen-bond donors (Lipinski definition) is 2. The molecule has 3 rings (SSSR count). The lowest BCUT2D eigenvalue weighted by molar-refractivity contribution is 0.708. The molecule has 25 heavy (non-hydrogen) atoms. The molecule has 0 spiro atoms. The van der Waals surface area contributed by atoms with E-state index in [4.69, 9.17) is 34.7 Å². The summed E-state index contributed by atoms with van der Waals surface area (Å²) < 4.78 is 2.27. The Balaban J connectivity index is 2.65. The zero-order chi connectivity index (χ0) is 18.5. The highest BCUT2D eigenvalue weighted by Gasteiger charge is 2.22. The van der Waals surface area contributed by atoms with Crippen LogP contribution in [0.25, 0.3) is 22.2 Å². The van der Waals surface area contributed by atoms with E-state index < -0.39 is 11.2 Å². The van der Waals surface area contributed by atoms with E-state index in [1.54, 1.807) is 18.2 Å². The third kappa shape index (κ3) is 2.60. The van der Waals surface area contributed by atoms with Gasteiger partial charge in [-0.05, 0) is 12.1 Å². The normalized spacial score (nSPS) is 11.2. The number of pyridine rings is 1. The van der Waals surface area contributed by atoms with Crippen LogP contribution in [0, 0.1) is 0 Å². The summed E-state index contributed by atoms with van der Waals surface area (Å²) in [5, 5.41) is 1.02. The largest absolute Gasteiger partial charge is 0.383 e. The second kappa shape index (κ2) is 6.18. The van der Waals surface area contributed by atoms with Crippen molar-refractivity contribution in [2.75, 3.05) is 5.73 Å².